The molecule has 0 aromatic rings. The van der Waals surface area contributed by atoms with E-state index >= 15 is 0 Å². The number of hydrogen-bond acceptors (Lipinski definition) is 6. The van der Waals surface area contributed by atoms with Gasteiger partial charge in [-0.05, 0) is 20.3 Å². The van der Waals surface area contributed by atoms with Crippen LogP contribution in [-0.4, -0.2) is 55.1 Å². The van der Waals surface area contributed by atoms with Gasteiger partial charge in [0.2, 0.25) is 0 Å². The Labute approximate surface area is 125 Å². The van der Waals surface area contributed by atoms with Gasteiger partial charge in [0.15, 0.2) is 0 Å². The Morgan fingerprint density at radius 1 is 1.53 bits per heavy atom. The zero-order chi connectivity index (χ0) is 12.3. The van der Waals surface area contributed by atoms with Crippen LogP contribution in [0.4, 0.5) is 0 Å². The molecule has 1 fully saturated rings. The molecule has 1 rings (SSSR count). The third-order valence-electron chi connectivity index (χ3n) is 2.86. The van der Waals surface area contributed by atoms with Gasteiger partial charge in [-0.25, -0.2) is 8.42 Å². The molecule has 0 aliphatic carbocycles. The average molecular weight is 274 g/mol. The summed E-state index contributed by atoms with van der Waals surface area (Å²) in [5.41, 5.74) is 5.39. The maximum Gasteiger partial charge on any atom is 1.00 e. The van der Waals surface area contributed by atoms with Gasteiger partial charge in [0.05, 0.1) is 12.7 Å². The fourth-order valence-electron chi connectivity index (χ4n) is 1.67. The molecular weight excluding hydrogens is 255 g/mol. The summed E-state index contributed by atoms with van der Waals surface area (Å²) in [6, 6.07) is -0.0727. The van der Waals surface area contributed by atoms with E-state index in [1.54, 1.807) is 4.90 Å². The first kappa shape index (κ1) is 17.8. The predicted molar refractivity (Wildman–Crippen MR) is 58.7 cm³/mol. The molecule has 0 aromatic carbocycles. The normalized spacial score (nSPS) is 24.6. The van der Waals surface area contributed by atoms with Gasteiger partial charge in [-0.1, -0.05) is 0 Å². The Bertz CT molecular complexity index is 325. The van der Waals surface area contributed by atoms with Crippen LogP contribution in [0.15, 0.2) is 0 Å². The van der Waals surface area contributed by atoms with Crippen molar-refractivity contribution in [2.75, 3.05) is 19.7 Å². The Hall–Kier alpha value is 0.790. The average Bonchev–Trinajstić information content (AvgIpc) is 2.09. The van der Waals surface area contributed by atoms with Crippen molar-refractivity contribution < 1.29 is 47.3 Å². The number of likely N-dealkylation sites (tertiary alicyclic amines) is 1. The molecule has 0 aromatic heterocycles. The molecule has 0 saturated carbocycles. The van der Waals surface area contributed by atoms with Crippen LogP contribution in [0.3, 0.4) is 0 Å². The van der Waals surface area contributed by atoms with Gasteiger partial charge in [0.25, 0.3) is 0 Å². The minimum absolute atomic E-state index is 0. The minimum atomic E-state index is -4.21. The quantitative estimate of drug-likeness (QED) is 0.396. The molecule has 1 heterocycles. The van der Waals surface area contributed by atoms with Gasteiger partial charge in [-0.15, -0.1) is 0 Å². The van der Waals surface area contributed by atoms with Crippen molar-refractivity contribution in [1.29, 1.82) is 0 Å². The van der Waals surface area contributed by atoms with Gasteiger partial charge in [-0.3, -0.25) is 4.90 Å². The molecule has 0 amide bonds. The summed E-state index contributed by atoms with van der Waals surface area (Å²) < 4.78 is 38.0. The summed E-state index contributed by atoms with van der Waals surface area (Å²) in [4.78, 5) is 1.66. The molecule has 1 saturated heterocycles. The van der Waals surface area contributed by atoms with Crippen molar-refractivity contribution in [1.82, 2.24) is 4.90 Å². The van der Waals surface area contributed by atoms with Crippen LogP contribution in [0.25, 0.3) is 0 Å². The molecule has 8 heteroatoms. The Morgan fingerprint density at radius 3 is 2.47 bits per heavy atom. The summed E-state index contributed by atoms with van der Waals surface area (Å²) in [5, 5.41) is -0.876. The predicted octanol–water partition coefficient (Wildman–Crippen LogP) is -3.68. The van der Waals surface area contributed by atoms with E-state index in [1.165, 1.54) is 0 Å². The smallest absolute Gasteiger partial charge is 0.747 e. The number of nitrogens with zero attached hydrogens (tertiary/aromatic N) is 1. The standard InChI is InChI=1S/C9H20N2O4S.Na/c1-7(6-15-8(2)5-10)11-4-3-9(11)16(12,13)14;/h7-9H,3-6,10H2,1-2H3,(H,12,13,14);/q;+1/p-1. The molecule has 0 bridgehead atoms. The molecule has 96 valence electrons. The van der Waals surface area contributed by atoms with E-state index in [0.717, 1.165) is 0 Å². The van der Waals surface area contributed by atoms with Crippen LogP contribution in [-0.2, 0) is 14.9 Å². The Morgan fingerprint density at radius 2 is 2.12 bits per heavy atom. The van der Waals surface area contributed by atoms with Crippen LogP contribution in [0.2, 0.25) is 0 Å². The third-order valence-corrected chi connectivity index (χ3v) is 4.03. The van der Waals surface area contributed by atoms with Gasteiger partial charge >= 0.3 is 29.6 Å². The van der Waals surface area contributed by atoms with Gasteiger partial charge in [0.1, 0.15) is 15.5 Å². The van der Waals surface area contributed by atoms with E-state index in [2.05, 4.69) is 0 Å². The molecule has 0 radical (unpaired) electrons. The maximum absolute atomic E-state index is 10.9. The number of nitrogens with two attached hydrogens (primary N) is 1. The van der Waals surface area contributed by atoms with Crippen LogP contribution in [0.1, 0.15) is 20.3 Å². The first-order valence-corrected chi connectivity index (χ1v) is 6.85. The molecular formula is C9H19N2NaO4S. The second-order valence-corrected chi connectivity index (χ2v) is 5.73. The minimum Gasteiger partial charge on any atom is -0.747 e. The van der Waals surface area contributed by atoms with Gasteiger partial charge < -0.3 is 15.0 Å². The van der Waals surface area contributed by atoms with E-state index in [-0.39, 0.29) is 41.7 Å². The second kappa shape index (κ2) is 7.40. The first-order chi connectivity index (χ1) is 7.36. The zero-order valence-electron chi connectivity index (χ0n) is 10.6. The van der Waals surface area contributed by atoms with Crippen LogP contribution in [0.5, 0.6) is 0 Å². The SMILES string of the molecule is CC(CN)OCC(C)N1CCC1S(=O)(=O)[O-].[Na+]. The van der Waals surface area contributed by atoms with E-state index in [0.29, 0.717) is 26.1 Å². The molecule has 1 aliphatic heterocycles. The largest absolute Gasteiger partial charge is 1.00 e. The van der Waals surface area contributed by atoms with E-state index in [4.69, 9.17) is 10.5 Å². The van der Waals surface area contributed by atoms with Crippen LogP contribution in [0, 0.1) is 0 Å². The van der Waals surface area contributed by atoms with Gasteiger partial charge in [0, 0.05) is 19.1 Å². The molecule has 6 nitrogen and oxygen atoms in total. The number of ether oxygens (including phenoxy) is 1. The van der Waals surface area contributed by atoms with Crippen molar-refractivity contribution in [2.24, 2.45) is 5.73 Å². The zero-order valence-corrected chi connectivity index (χ0v) is 13.4. The summed E-state index contributed by atoms with van der Waals surface area (Å²) in [7, 11) is -4.21. The topological polar surface area (TPSA) is 95.7 Å². The van der Waals surface area contributed by atoms with Crippen molar-refractivity contribution in [3.05, 3.63) is 0 Å². The molecule has 0 spiro atoms. The molecule has 17 heavy (non-hydrogen) atoms. The summed E-state index contributed by atoms with van der Waals surface area (Å²) in [5.74, 6) is 0. The number of rotatable bonds is 6. The van der Waals surface area contributed by atoms with Crippen molar-refractivity contribution in [3.8, 4) is 0 Å². The molecule has 1 aliphatic rings. The molecule has 2 N–H and O–H groups in total. The molecule has 3 atom stereocenters. The second-order valence-electron chi connectivity index (χ2n) is 4.20. The van der Waals surface area contributed by atoms with E-state index in [9.17, 15) is 13.0 Å². The van der Waals surface area contributed by atoms with E-state index < -0.39 is 15.5 Å². The first-order valence-electron chi connectivity index (χ1n) is 5.38. The van der Waals surface area contributed by atoms with Crippen molar-refractivity contribution >= 4 is 10.1 Å². The van der Waals surface area contributed by atoms with Gasteiger partial charge in [-0.2, -0.15) is 0 Å². The summed E-state index contributed by atoms with van der Waals surface area (Å²) >= 11 is 0. The fraction of sp³-hybridized carbons (Fsp3) is 1.00. The van der Waals surface area contributed by atoms with Crippen molar-refractivity contribution in [3.63, 3.8) is 0 Å². The van der Waals surface area contributed by atoms with E-state index in [1.807, 2.05) is 13.8 Å². The summed E-state index contributed by atoms with van der Waals surface area (Å²) in [6.45, 7) is 5.15. The fourth-order valence-corrected chi connectivity index (χ4v) is 2.70. The maximum atomic E-state index is 10.9. The van der Waals surface area contributed by atoms with Crippen LogP contribution >= 0.6 is 0 Å². The Balaban J connectivity index is 0.00000256. The van der Waals surface area contributed by atoms with Crippen LogP contribution < -0.4 is 35.3 Å². The summed E-state index contributed by atoms with van der Waals surface area (Å²) in [6.07, 6.45) is 0.369. The Kier molecular flexibility index (Phi) is 7.74. The third kappa shape index (κ3) is 5.12. The monoisotopic (exact) mass is 274 g/mol. The molecule has 3 unspecified atom stereocenters. The number of hydrogen-bond donors (Lipinski definition) is 1. The van der Waals surface area contributed by atoms with Crippen molar-refractivity contribution in [2.45, 2.75) is 37.8 Å².